The summed E-state index contributed by atoms with van der Waals surface area (Å²) in [6.45, 7) is 0. The molecule has 10 heteroatoms. The van der Waals surface area contributed by atoms with Crippen molar-refractivity contribution in [1.29, 1.82) is 0 Å². The van der Waals surface area contributed by atoms with Crippen LogP contribution in [0.5, 0.6) is 0 Å². The van der Waals surface area contributed by atoms with E-state index in [-0.39, 0.29) is 0 Å². The molecule has 0 atom stereocenters. The fourth-order valence-electron chi connectivity index (χ4n) is 0.448. The molecule has 88 valence electrons. The van der Waals surface area contributed by atoms with Gasteiger partial charge >= 0.3 is 18.0 Å². The zero-order valence-electron chi connectivity index (χ0n) is 6.56. The van der Waals surface area contributed by atoms with Gasteiger partial charge in [0, 0.05) is 0 Å². The maximum Gasteiger partial charge on any atom is 0.460 e. The minimum atomic E-state index is -6.49. The van der Waals surface area contributed by atoms with E-state index in [1.807, 2.05) is 0 Å². The molecular formula is C5H2F7NO2. The van der Waals surface area contributed by atoms with Gasteiger partial charge in [0.15, 0.2) is 0 Å². The molecule has 0 spiro atoms. The number of nitro groups is 1. The lowest BCUT2D eigenvalue weighted by Crippen LogP contribution is -2.50. The quantitative estimate of drug-likeness (QED) is 0.433. The van der Waals surface area contributed by atoms with Crippen molar-refractivity contribution in [2.75, 3.05) is 0 Å². The van der Waals surface area contributed by atoms with Gasteiger partial charge in [-0.3, -0.25) is 10.1 Å². The topological polar surface area (TPSA) is 43.1 Å². The Labute approximate surface area is 77.3 Å². The van der Waals surface area contributed by atoms with Crippen LogP contribution in [0.4, 0.5) is 30.7 Å². The highest BCUT2D eigenvalue weighted by Gasteiger charge is 2.72. The van der Waals surface area contributed by atoms with Gasteiger partial charge in [-0.2, -0.15) is 30.7 Å². The molecular weight excluding hydrogens is 239 g/mol. The van der Waals surface area contributed by atoms with E-state index in [2.05, 4.69) is 0 Å². The van der Waals surface area contributed by atoms with Crippen LogP contribution in [0.1, 0.15) is 0 Å². The number of rotatable bonds is 3. The molecule has 0 N–H and O–H groups in total. The van der Waals surface area contributed by atoms with Crippen LogP contribution in [-0.4, -0.2) is 22.9 Å². The third-order valence-electron chi connectivity index (χ3n) is 1.18. The fourth-order valence-corrected chi connectivity index (χ4v) is 0.448. The summed E-state index contributed by atoms with van der Waals surface area (Å²) >= 11 is 0. The van der Waals surface area contributed by atoms with Gasteiger partial charge in [-0.15, -0.1) is 0 Å². The monoisotopic (exact) mass is 241 g/mol. The normalized spacial score (nSPS) is 14.6. The second-order valence-corrected chi connectivity index (χ2v) is 2.30. The fraction of sp³-hybridized carbons (Fsp3) is 0.600. The number of alkyl halides is 7. The van der Waals surface area contributed by atoms with E-state index in [4.69, 9.17) is 0 Å². The van der Waals surface area contributed by atoms with E-state index < -0.39 is 35.2 Å². The van der Waals surface area contributed by atoms with Gasteiger partial charge in [-0.05, 0) is 0 Å². The van der Waals surface area contributed by atoms with Crippen LogP contribution in [0.3, 0.4) is 0 Å². The first-order valence-electron chi connectivity index (χ1n) is 3.07. The summed E-state index contributed by atoms with van der Waals surface area (Å²) in [5, 5.41) is 9.48. The van der Waals surface area contributed by atoms with Crippen LogP contribution in [-0.2, 0) is 0 Å². The highest BCUT2D eigenvalue weighted by Crippen LogP contribution is 2.46. The summed E-state index contributed by atoms with van der Waals surface area (Å²) in [7, 11) is 0. The minimum absolute atomic E-state index is 0.681. The van der Waals surface area contributed by atoms with E-state index in [0.717, 1.165) is 0 Å². The van der Waals surface area contributed by atoms with Crippen LogP contribution in [0.15, 0.2) is 12.3 Å². The van der Waals surface area contributed by atoms with Crippen LogP contribution in [0.2, 0.25) is 0 Å². The van der Waals surface area contributed by atoms with Crippen LogP contribution in [0.25, 0.3) is 0 Å². The predicted octanol–water partition coefficient (Wildman–Crippen LogP) is 2.61. The number of hydrogen-bond acceptors (Lipinski definition) is 2. The SMILES string of the molecule is O=[N+]([O-])/C=C/C(F)(F)C(F)(F)C(F)(F)F. The number of halogens is 7. The smallest absolute Gasteiger partial charge is 0.259 e. The molecule has 0 aromatic carbocycles. The van der Waals surface area contributed by atoms with Crippen molar-refractivity contribution in [2.24, 2.45) is 0 Å². The molecule has 0 bridgehead atoms. The van der Waals surface area contributed by atoms with Crippen molar-refractivity contribution >= 4 is 0 Å². The lowest BCUT2D eigenvalue weighted by Gasteiger charge is -2.24. The largest absolute Gasteiger partial charge is 0.460 e. The Morgan fingerprint density at radius 2 is 1.40 bits per heavy atom. The minimum Gasteiger partial charge on any atom is -0.259 e. The Morgan fingerprint density at radius 1 is 1.00 bits per heavy atom. The van der Waals surface area contributed by atoms with Crippen LogP contribution >= 0.6 is 0 Å². The first-order chi connectivity index (χ1) is 6.42. The number of allylic oxidation sites excluding steroid dienone is 1. The third-order valence-corrected chi connectivity index (χ3v) is 1.18. The second-order valence-electron chi connectivity index (χ2n) is 2.30. The zero-order chi connectivity index (χ0) is 12.5. The highest BCUT2D eigenvalue weighted by molar-refractivity contribution is 5.03. The molecule has 0 saturated heterocycles. The van der Waals surface area contributed by atoms with E-state index >= 15 is 0 Å². The second kappa shape index (κ2) is 3.66. The molecule has 0 aromatic heterocycles. The van der Waals surface area contributed by atoms with Crippen molar-refractivity contribution in [3.8, 4) is 0 Å². The molecule has 0 amide bonds. The standard InChI is InChI=1S/C5H2F7NO2/c6-3(7,1-2-13(14)15)4(8,9)5(10,11)12/h1-2H/b2-1+. The summed E-state index contributed by atoms with van der Waals surface area (Å²) in [5.74, 6) is -12.0. The maximum atomic E-state index is 12.2. The summed E-state index contributed by atoms with van der Waals surface area (Å²) in [4.78, 5) is 7.90. The van der Waals surface area contributed by atoms with E-state index in [1.54, 1.807) is 0 Å². The van der Waals surface area contributed by atoms with Gasteiger partial charge in [-0.25, -0.2) is 0 Å². The molecule has 0 rings (SSSR count). The van der Waals surface area contributed by atoms with Crippen molar-refractivity contribution in [2.45, 2.75) is 18.0 Å². The summed E-state index contributed by atoms with van der Waals surface area (Å²) in [6.07, 6.45) is -8.28. The molecule has 0 aliphatic rings. The van der Waals surface area contributed by atoms with Gasteiger partial charge in [0.1, 0.15) is 0 Å². The van der Waals surface area contributed by atoms with Crippen molar-refractivity contribution < 1.29 is 35.7 Å². The first kappa shape index (κ1) is 13.7. The molecule has 0 aliphatic heterocycles. The molecule has 3 nitrogen and oxygen atoms in total. The van der Waals surface area contributed by atoms with E-state index in [9.17, 15) is 40.8 Å². The zero-order valence-corrected chi connectivity index (χ0v) is 6.56. The Bertz CT molecular complexity index is 282. The molecule has 0 saturated carbocycles. The Hall–Kier alpha value is -1.35. The molecule has 0 heterocycles. The summed E-state index contributed by atoms with van der Waals surface area (Å²) in [6, 6.07) is 0. The summed E-state index contributed by atoms with van der Waals surface area (Å²) in [5.41, 5.74) is 0. The Morgan fingerprint density at radius 3 is 1.67 bits per heavy atom. The van der Waals surface area contributed by atoms with Gasteiger partial charge < -0.3 is 0 Å². The molecule has 0 aromatic rings. The highest BCUT2D eigenvalue weighted by atomic mass is 19.4. The lowest BCUT2D eigenvalue weighted by atomic mass is 10.1. The maximum absolute atomic E-state index is 12.2. The first-order valence-corrected chi connectivity index (χ1v) is 3.07. The molecule has 15 heavy (non-hydrogen) atoms. The number of hydrogen-bond donors (Lipinski definition) is 0. The predicted molar refractivity (Wildman–Crippen MR) is 32.1 cm³/mol. The average Bonchev–Trinajstić information content (AvgIpc) is 1.98. The van der Waals surface area contributed by atoms with E-state index in [1.165, 1.54) is 0 Å². The Kier molecular flexibility index (Phi) is 3.33. The third kappa shape index (κ3) is 2.80. The van der Waals surface area contributed by atoms with Gasteiger partial charge in [0.2, 0.25) is 6.20 Å². The molecule has 0 unspecified atom stereocenters. The van der Waals surface area contributed by atoms with Crippen molar-refractivity contribution in [3.63, 3.8) is 0 Å². The van der Waals surface area contributed by atoms with Gasteiger partial charge in [0.25, 0.3) is 0 Å². The molecule has 0 fully saturated rings. The lowest BCUT2D eigenvalue weighted by molar-refractivity contribution is -0.405. The van der Waals surface area contributed by atoms with Crippen LogP contribution in [0, 0.1) is 10.1 Å². The molecule has 0 aliphatic carbocycles. The summed E-state index contributed by atoms with van der Waals surface area (Å²) < 4.78 is 82.7. The number of nitrogens with zero attached hydrogens (tertiary/aromatic N) is 1. The van der Waals surface area contributed by atoms with E-state index in [0.29, 0.717) is 0 Å². The molecule has 0 radical (unpaired) electrons. The van der Waals surface area contributed by atoms with Crippen LogP contribution < -0.4 is 0 Å². The van der Waals surface area contributed by atoms with Crippen molar-refractivity contribution in [3.05, 3.63) is 22.4 Å². The van der Waals surface area contributed by atoms with Crippen molar-refractivity contribution in [1.82, 2.24) is 0 Å². The average molecular weight is 241 g/mol. The van der Waals surface area contributed by atoms with Gasteiger partial charge in [-0.1, -0.05) is 0 Å². The van der Waals surface area contributed by atoms with Gasteiger partial charge in [0.05, 0.1) is 11.0 Å². The Balaban J connectivity index is 5.10.